The zero-order valence-electron chi connectivity index (χ0n) is 12.3. The molecule has 0 aromatic heterocycles. The molecule has 1 spiro atoms. The van der Waals surface area contributed by atoms with Crippen LogP contribution in [0.25, 0.3) is 0 Å². The summed E-state index contributed by atoms with van der Waals surface area (Å²) in [7, 11) is 1.70. The van der Waals surface area contributed by atoms with Gasteiger partial charge in [-0.05, 0) is 38.6 Å². The summed E-state index contributed by atoms with van der Waals surface area (Å²) in [5.74, 6) is 0. The number of methoxy groups -OCH3 is 1. The Balaban J connectivity index is 1.53. The fourth-order valence-electron chi connectivity index (χ4n) is 3.29. The van der Waals surface area contributed by atoms with Gasteiger partial charge in [0.2, 0.25) is 0 Å². The first-order valence-electron chi connectivity index (χ1n) is 7.79. The van der Waals surface area contributed by atoms with E-state index >= 15 is 0 Å². The molecule has 0 amide bonds. The van der Waals surface area contributed by atoms with Crippen LogP contribution in [-0.4, -0.2) is 51.7 Å². The molecule has 0 bridgehead atoms. The molecule has 1 heterocycles. The lowest BCUT2D eigenvalue weighted by molar-refractivity contribution is -0.0836. The fraction of sp³-hybridized carbons (Fsp3) is 1.00. The highest BCUT2D eigenvalue weighted by molar-refractivity contribution is 4.93. The molecular weight excluding hydrogens is 242 g/mol. The summed E-state index contributed by atoms with van der Waals surface area (Å²) in [4.78, 5) is 0. The van der Waals surface area contributed by atoms with Crippen LogP contribution in [0.2, 0.25) is 0 Å². The lowest BCUT2D eigenvalue weighted by Crippen LogP contribution is -2.45. The Morgan fingerprint density at radius 1 is 1.21 bits per heavy atom. The maximum atomic E-state index is 6.05. The van der Waals surface area contributed by atoms with Crippen LogP contribution in [0.1, 0.15) is 44.9 Å². The number of rotatable bonds is 8. The van der Waals surface area contributed by atoms with E-state index in [0.717, 1.165) is 32.6 Å². The molecule has 1 atom stereocenters. The average molecular weight is 271 g/mol. The predicted octanol–water partition coefficient (Wildman–Crippen LogP) is 2.12. The molecule has 0 aromatic rings. The van der Waals surface area contributed by atoms with Gasteiger partial charge in [0.1, 0.15) is 0 Å². The molecule has 2 rings (SSSR count). The predicted molar refractivity (Wildman–Crippen MR) is 75.5 cm³/mol. The molecule has 1 saturated carbocycles. The minimum absolute atomic E-state index is 0.227. The lowest BCUT2D eigenvalue weighted by atomic mass is 9.89. The molecule has 2 fully saturated rings. The van der Waals surface area contributed by atoms with Gasteiger partial charge in [0.05, 0.1) is 18.8 Å². The van der Waals surface area contributed by atoms with E-state index < -0.39 is 0 Å². The van der Waals surface area contributed by atoms with Crippen LogP contribution in [0.15, 0.2) is 0 Å². The van der Waals surface area contributed by atoms with E-state index in [1.165, 1.54) is 32.1 Å². The molecule has 1 aliphatic heterocycles. The van der Waals surface area contributed by atoms with Gasteiger partial charge >= 0.3 is 0 Å². The van der Waals surface area contributed by atoms with Crippen LogP contribution in [0.5, 0.6) is 0 Å². The van der Waals surface area contributed by atoms with Gasteiger partial charge in [0.15, 0.2) is 0 Å². The summed E-state index contributed by atoms with van der Waals surface area (Å²) in [6, 6.07) is 0.644. The second-order valence-corrected chi connectivity index (χ2v) is 5.84. The van der Waals surface area contributed by atoms with Gasteiger partial charge in [-0.2, -0.15) is 0 Å². The molecular formula is C15H29NO3. The molecule has 2 aliphatic rings. The zero-order valence-corrected chi connectivity index (χ0v) is 12.3. The molecule has 4 heteroatoms. The summed E-state index contributed by atoms with van der Waals surface area (Å²) < 4.78 is 16.5. The Labute approximate surface area is 117 Å². The minimum atomic E-state index is 0.227. The number of hydrogen-bond donors (Lipinski definition) is 1. The van der Waals surface area contributed by atoms with Crippen molar-refractivity contribution in [1.82, 2.24) is 5.32 Å². The van der Waals surface area contributed by atoms with Crippen molar-refractivity contribution in [2.45, 2.75) is 56.6 Å². The van der Waals surface area contributed by atoms with Crippen molar-refractivity contribution >= 4 is 0 Å². The largest absolute Gasteiger partial charge is 0.382 e. The second-order valence-electron chi connectivity index (χ2n) is 5.84. The Bertz CT molecular complexity index is 242. The van der Waals surface area contributed by atoms with Gasteiger partial charge in [-0.3, -0.25) is 0 Å². The molecule has 19 heavy (non-hydrogen) atoms. The van der Waals surface area contributed by atoms with Crippen molar-refractivity contribution in [1.29, 1.82) is 0 Å². The maximum absolute atomic E-state index is 6.05. The minimum Gasteiger partial charge on any atom is -0.382 e. The molecule has 1 saturated heterocycles. The molecule has 1 unspecified atom stereocenters. The smallest absolute Gasteiger partial charge is 0.0700 e. The summed E-state index contributed by atoms with van der Waals surface area (Å²) >= 11 is 0. The molecule has 112 valence electrons. The van der Waals surface area contributed by atoms with Crippen LogP contribution in [0.4, 0.5) is 0 Å². The van der Waals surface area contributed by atoms with Gasteiger partial charge in [-0.25, -0.2) is 0 Å². The van der Waals surface area contributed by atoms with E-state index in [0.29, 0.717) is 19.3 Å². The molecule has 4 nitrogen and oxygen atoms in total. The van der Waals surface area contributed by atoms with E-state index in [1.54, 1.807) is 7.11 Å². The Kier molecular flexibility index (Phi) is 6.57. The first kappa shape index (κ1) is 15.2. The Morgan fingerprint density at radius 3 is 2.84 bits per heavy atom. The van der Waals surface area contributed by atoms with Crippen molar-refractivity contribution in [3.8, 4) is 0 Å². The zero-order chi connectivity index (χ0) is 13.4. The standard InChI is InChI=1S/C15H29NO3/c1-17-11-12-18-9-4-8-16-14-5-10-19-15(13-14)6-2-3-7-15/h14,16H,2-13H2,1H3. The summed E-state index contributed by atoms with van der Waals surface area (Å²) in [5, 5.41) is 3.67. The average Bonchev–Trinajstić information content (AvgIpc) is 2.86. The Morgan fingerprint density at radius 2 is 2.05 bits per heavy atom. The molecule has 0 radical (unpaired) electrons. The third-order valence-electron chi connectivity index (χ3n) is 4.34. The number of ether oxygens (including phenoxy) is 3. The highest BCUT2D eigenvalue weighted by Crippen LogP contribution is 2.39. The van der Waals surface area contributed by atoms with Crippen LogP contribution in [-0.2, 0) is 14.2 Å². The van der Waals surface area contributed by atoms with Gasteiger partial charge in [0.25, 0.3) is 0 Å². The quantitative estimate of drug-likeness (QED) is 0.687. The van der Waals surface area contributed by atoms with E-state index in [-0.39, 0.29) is 5.60 Å². The van der Waals surface area contributed by atoms with E-state index in [9.17, 15) is 0 Å². The van der Waals surface area contributed by atoms with Crippen molar-refractivity contribution in [3.05, 3.63) is 0 Å². The maximum Gasteiger partial charge on any atom is 0.0700 e. The number of hydrogen-bond acceptors (Lipinski definition) is 4. The van der Waals surface area contributed by atoms with Gasteiger partial charge in [-0.15, -0.1) is 0 Å². The van der Waals surface area contributed by atoms with Gasteiger partial charge in [0, 0.05) is 26.4 Å². The van der Waals surface area contributed by atoms with Crippen molar-refractivity contribution in [3.63, 3.8) is 0 Å². The topological polar surface area (TPSA) is 39.7 Å². The third kappa shape index (κ3) is 5.03. The van der Waals surface area contributed by atoms with E-state index in [2.05, 4.69) is 5.32 Å². The van der Waals surface area contributed by atoms with Crippen molar-refractivity contribution < 1.29 is 14.2 Å². The SMILES string of the molecule is COCCOCCCNC1CCOC2(CCCC2)C1. The van der Waals surface area contributed by atoms with Gasteiger partial charge < -0.3 is 19.5 Å². The first-order chi connectivity index (χ1) is 9.35. The Hall–Kier alpha value is -0.160. The number of nitrogens with one attached hydrogen (secondary N) is 1. The molecule has 1 N–H and O–H groups in total. The summed E-state index contributed by atoms with van der Waals surface area (Å²) in [6.07, 6.45) is 8.68. The summed E-state index contributed by atoms with van der Waals surface area (Å²) in [5.41, 5.74) is 0.227. The lowest BCUT2D eigenvalue weighted by Gasteiger charge is -2.38. The normalized spacial score (nSPS) is 26.1. The van der Waals surface area contributed by atoms with Crippen LogP contribution in [0.3, 0.4) is 0 Å². The van der Waals surface area contributed by atoms with Gasteiger partial charge in [-0.1, -0.05) is 12.8 Å². The van der Waals surface area contributed by atoms with Crippen LogP contribution >= 0.6 is 0 Å². The van der Waals surface area contributed by atoms with Crippen LogP contribution in [0, 0.1) is 0 Å². The van der Waals surface area contributed by atoms with E-state index in [4.69, 9.17) is 14.2 Å². The molecule has 1 aliphatic carbocycles. The monoisotopic (exact) mass is 271 g/mol. The highest BCUT2D eigenvalue weighted by Gasteiger charge is 2.39. The summed E-state index contributed by atoms with van der Waals surface area (Å²) in [6.45, 7) is 4.20. The second kappa shape index (κ2) is 8.20. The fourth-order valence-corrected chi connectivity index (χ4v) is 3.29. The van der Waals surface area contributed by atoms with Crippen LogP contribution < -0.4 is 5.32 Å². The highest BCUT2D eigenvalue weighted by atomic mass is 16.5. The molecule has 0 aromatic carbocycles. The van der Waals surface area contributed by atoms with Crippen molar-refractivity contribution in [2.75, 3.05) is 40.1 Å². The van der Waals surface area contributed by atoms with Crippen molar-refractivity contribution in [2.24, 2.45) is 0 Å². The third-order valence-corrected chi connectivity index (χ3v) is 4.34. The first-order valence-corrected chi connectivity index (χ1v) is 7.79. The van der Waals surface area contributed by atoms with E-state index in [1.807, 2.05) is 0 Å².